The van der Waals surface area contributed by atoms with Crippen LogP contribution in [0.4, 0.5) is 0 Å². The molecule has 1 aliphatic rings. The predicted molar refractivity (Wildman–Crippen MR) is 204 cm³/mol. The molecule has 3 aromatic heterocycles. The molecule has 0 amide bonds. The second-order valence-electron chi connectivity index (χ2n) is 13.3. The zero-order chi connectivity index (χ0) is 33.5. The zero-order valence-electron chi connectivity index (χ0n) is 27.4. The number of nitrogens with one attached hydrogen (secondary N) is 3. The van der Waals surface area contributed by atoms with Crippen molar-refractivity contribution in [2.75, 3.05) is 0 Å². The molecule has 0 spiro atoms. The summed E-state index contributed by atoms with van der Waals surface area (Å²) in [7, 11) is 0. The van der Waals surface area contributed by atoms with E-state index >= 15 is 0 Å². The van der Waals surface area contributed by atoms with E-state index in [0.717, 1.165) is 93.6 Å². The Morgan fingerprint density at radius 1 is 0.314 bits per heavy atom. The third-order valence-electron chi connectivity index (χ3n) is 10.4. The molecule has 0 radical (unpaired) electrons. The van der Waals surface area contributed by atoms with E-state index in [1.165, 1.54) is 0 Å². The van der Waals surface area contributed by atoms with Gasteiger partial charge in [-0.3, -0.25) is 16.0 Å². The van der Waals surface area contributed by atoms with Crippen molar-refractivity contribution in [3.63, 3.8) is 0 Å². The van der Waals surface area contributed by atoms with Gasteiger partial charge in [0.25, 0.3) is 0 Å². The van der Waals surface area contributed by atoms with Crippen LogP contribution in [0, 0.1) is 0 Å². The molecule has 3 unspecified atom stereocenters. The summed E-state index contributed by atoms with van der Waals surface area (Å²) >= 11 is 0. The lowest BCUT2D eigenvalue weighted by Gasteiger charge is -2.39. The van der Waals surface area contributed by atoms with Gasteiger partial charge in [0.2, 0.25) is 0 Å². The molecule has 0 bridgehead atoms. The van der Waals surface area contributed by atoms with Crippen molar-refractivity contribution in [3.8, 4) is 11.1 Å². The number of fused-ring (bicyclic) bond motifs is 9. The molecule has 1 saturated heterocycles. The Morgan fingerprint density at radius 3 is 1.35 bits per heavy atom. The van der Waals surface area contributed by atoms with Gasteiger partial charge in [-0.05, 0) is 17.7 Å². The van der Waals surface area contributed by atoms with Crippen LogP contribution in [0.2, 0.25) is 0 Å². The van der Waals surface area contributed by atoms with Gasteiger partial charge in [-0.15, -0.1) is 0 Å². The molecule has 0 saturated carbocycles. The van der Waals surface area contributed by atoms with Crippen molar-refractivity contribution < 1.29 is 13.3 Å². The van der Waals surface area contributed by atoms with Crippen LogP contribution < -0.4 is 16.0 Å². The molecule has 244 valence electrons. The average molecular weight is 662 g/mol. The second kappa shape index (κ2) is 11.2. The van der Waals surface area contributed by atoms with E-state index in [0.29, 0.717) is 0 Å². The van der Waals surface area contributed by atoms with Gasteiger partial charge in [-0.2, -0.15) is 0 Å². The summed E-state index contributed by atoms with van der Waals surface area (Å²) in [5, 5.41) is 18.1. The fraction of sp³-hybridized carbons (Fsp3) is 0.0667. The van der Waals surface area contributed by atoms with Gasteiger partial charge >= 0.3 is 0 Å². The van der Waals surface area contributed by atoms with Crippen molar-refractivity contribution in [3.05, 3.63) is 168 Å². The van der Waals surface area contributed by atoms with E-state index in [1.54, 1.807) is 0 Å². The Kier molecular flexibility index (Phi) is 6.27. The molecule has 6 nitrogen and oxygen atoms in total. The number of para-hydroxylation sites is 6. The van der Waals surface area contributed by atoms with Crippen LogP contribution in [0.1, 0.15) is 35.2 Å². The van der Waals surface area contributed by atoms with Gasteiger partial charge in [0.1, 0.15) is 33.5 Å². The van der Waals surface area contributed by atoms with Crippen LogP contribution in [0.5, 0.6) is 0 Å². The Bertz CT molecular complexity index is 2940. The van der Waals surface area contributed by atoms with Gasteiger partial charge in [0.15, 0.2) is 0 Å². The molecular weight excluding hydrogens is 631 g/mol. The second-order valence-corrected chi connectivity index (χ2v) is 13.3. The summed E-state index contributed by atoms with van der Waals surface area (Å²) < 4.78 is 19.9. The summed E-state index contributed by atoms with van der Waals surface area (Å²) in [6.45, 7) is 0. The minimum absolute atomic E-state index is 0.150. The Morgan fingerprint density at radius 2 is 0.725 bits per heavy atom. The van der Waals surface area contributed by atoms with Gasteiger partial charge in [0, 0.05) is 54.6 Å². The summed E-state index contributed by atoms with van der Waals surface area (Å²) in [5.41, 5.74) is 10.4. The standard InChI is InChI=1S/C45H31N3O3/c1-2-12-26(13-3-1)43-46-44(35-22-10-17-30-28-15-5-7-25-38(28)50-41(30)35)48-45(47-43)36-23-11-21-34-33-20-9-19-32(40(33)51-42(34)36)31-18-8-16-29-27-14-4-6-24-37(27)49-39(29)31/h1-25,43-48H. The molecule has 51 heavy (non-hydrogen) atoms. The normalized spacial score (nSPS) is 18.2. The first-order chi connectivity index (χ1) is 25.3. The Hall–Kier alpha value is -6.18. The van der Waals surface area contributed by atoms with Crippen LogP contribution in [0.15, 0.2) is 165 Å². The van der Waals surface area contributed by atoms with Crippen molar-refractivity contribution in [1.29, 1.82) is 0 Å². The lowest BCUT2D eigenvalue weighted by molar-refractivity contribution is 0.203. The maximum absolute atomic E-state index is 6.98. The first kappa shape index (κ1) is 28.6. The summed E-state index contributed by atoms with van der Waals surface area (Å²) in [5.74, 6) is 0. The smallest absolute Gasteiger partial charge is 0.143 e. The molecule has 1 aliphatic heterocycles. The average Bonchev–Trinajstić information content (AvgIpc) is 3.89. The van der Waals surface area contributed by atoms with Gasteiger partial charge < -0.3 is 13.3 Å². The van der Waals surface area contributed by atoms with Crippen molar-refractivity contribution >= 4 is 65.8 Å². The fourth-order valence-electron chi connectivity index (χ4n) is 8.08. The van der Waals surface area contributed by atoms with Crippen LogP contribution >= 0.6 is 0 Å². The molecule has 7 aromatic carbocycles. The highest BCUT2D eigenvalue weighted by molar-refractivity contribution is 6.15. The largest absolute Gasteiger partial charge is 0.456 e. The van der Waals surface area contributed by atoms with Crippen LogP contribution in [0.25, 0.3) is 76.9 Å². The highest BCUT2D eigenvalue weighted by Gasteiger charge is 2.33. The topological polar surface area (TPSA) is 75.5 Å². The zero-order valence-corrected chi connectivity index (χ0v) is 27.4. The minimum Gasteiger partial charge on any atom is -0.456 e. The van der Waals surface area contributed by atoms with E-state index in [2.05, 4.69) is 137 Å². The lowest BCUT2D eigenvalue weighted by Crippen LogP contribution is -2.54. The maximum Gasteiger partial charge on any atom is 0.143 e. The molecule has 3 atom stereocenters. The molecule has 3 N–H and O–H groups in total. The highest BCUT2D eigenvalue weighted by atomic mass is 16.3. The number of hydrogen-bond acceptors (Lipinski definition) is 6. The first-order valence-electron chi connectivity index (χ1n) is 17.4. The SMILES string of the molecule is c1ccc(C2NC(c3cccc4c3oc3ccccc34)NC(c3cccc4c3oc3c(-c5cccc6c5oc5ccccc56)cccc34)N2)cc1. The maximum atomic E-state index is 6.98. The molecule has 4 heterocycles. The number of hydrogen-bond donors (Lipinski definition) is 3. The molecule has 1 fully saturated rings. The monoisotopic (exact) mass is 661 g/mol. The Labute approximate surface area is 292 Å². The van der Waals surface area contributed by atoms with Crippen molar-refractivity contribution in [2.45, 2.75) is 18.5 Å². The summed E-state index contributed by atoms with van der Waals surface area (Å²) in [4.78, 5) is 0. The van der Waals surface area contributed by atoms with Gasteiger partial charge in [0.05, 0.1) is 18.5 Å². The quantitative estimate of drug-likeness (QED) is 0.174. The molecular formula is C45H31N3O3. The highest BCUT2D eigenvalue weighted by Crippen LogP contribution is 2.43. The first-order valence-corrected chi connectivity index (χ1v) is 17.4. The lowest BCUT2D eigenvalue weighted by atomic mass is 9.99. The third-order valence-corrected chi connectivity index (χ3v) is 10.4. The number of rotatable bonds is 4. The summed E-state index contributed by atoms with van der Waals surface area (Å²) in [6.07, 6.45) is -0.637. The predicted octanol–water partition coefficient (Wildman–Crippen LogP) is 11.2. The van der Waals surface area contributed by atoms with E-state index < -0.39 is 0 Å². The van der Waals surface area contributed by atoms with Crippen molar-refractivity contribution in [2.24, 2.45) is 0 Å². The van der Waals surface area contributed by atoms with E-state index in [9.17, 15) is 0 Å². The minimum atomic E-state index is -0.257. The molecule has 0 aliphatic carbocycles. The van der Waals surface area contributed by atoms with Crippen LogP contribution in [-0.2, 0) is 0 Å². The summed E-state index contributed by atoms with van der Waals surface area (Å²) in [6, 6.07) is 52.5. The van der Waals surface area contributed by atoms with Crippen LogP contribution in [0.3, 0.4) is 0 Å². The van der Waals surface area contributed by atoms with Gasteiger partial charge in [-0.1, -0.05) is 140 Å². The fourth-order valence-corrected chi connectivity index (χ4v) is 8.08. The van der Waals surface area contributed by atoms with Gasteiger partial charge in [-0.25, -0.2) is 0 Å². The van der Waals surface area contributed by atoms with E-state index in [-0.39, 0.29) is 18.5 Å². The number of furan rings is 3. The van der Waals surface area contributed by atoms with E-state index in [1.807, 2.05) is 30.3 Å². The molecule has 11 rings (SSSR count). The molecule has 6 heteroatoms. The molecule has 10 aromatic rings. The third kappa shape index (κ3) is 4.41. The van der Waals surface area contributed by atoms with E-state index in [4.69, 9.17) is 13.3 Å². The Balaban J connectivity index is 1.07. The van der Waals surface area contributed by atoms with Crippen molar-refractivity contribution in [1.82, 2.24) is 16.0 Å². The van der Waals surface area contributed by atoms with Crippen LogP contribution in [-0.4, -0.2) is 0 Å². The number of benzene rings is 7.